The highest BCUT2D eigenvalue weighted by molar-refractivity contribution is 5.26. The molecule has 4 aliphatic carbocycles. The van der Waals surface area contributed by atoms with E-state index < -0.39 is 6.10 Å². The molecular weight excluding hydrogens is 406 g/mol. The number of hydrogen-bond donors (Lipinski definition) is 2. The zero-order chi connectivity index (χ0) is 23.4. The number of aromatic nitrogens is 1. The Morgan fingerprint density at radius 1 is 1.09 bits per heavy atom. The molecule has 3 nitrogen and oxygen atoms in total. The van der Waals surface area contributed by atoms with Gasteiger partial charge < -0.3 is 10.2 Å². The number of pyridine rings is 1. The largest absolute Gasteiger partial charge is 0.393 e. The first-order valence-corrected chi connectivity index (χ1v) is 13.7. The van der Waals surface area contributed by atoms with E-state index in [0.717, 1.165) is 60.6 Å². The molecule has 0 aromatic carbocycles. The van der Waals surface area contributed by atoms with Crippen LogP contribution in [0.3, 0.4) is 0 Å². The normalized spacial score (nSPS) is 42.0. The quantitative estimate of drug-likeness (QED) is 0.493. The number of aliphatic hydroxyl groups excluding tert-OH is 2. The molecule has 0 spiro atoms. The van der Waals surface area contributed by atoms with Gasteiger partial charge >= 0.3 is 0 Å². The molecule has 0 amide bonds. The topological polar surface area (TPSA) is 53.4 Å². The van der Waals surface area contributed by atoms with Gasteiger partial charge in [-0.15, -0.1) is 0 Å². The monoisotopic (exact) mass is 451 g/mol. The van der Waals surface area contributed by atoms with E-state index in [1.54, 1.807) is 5.57 Å². The molecule has 2 N–H and O–H groups in total. The van der Waals surface area contributed by atoms with Crippen LogP contribution in [0.2, 0.25) is 0 Å². The van der Waals surface area contributed by atoms with Crippen LogP contribution in [0, 0.1) is 40.4 Å². The average Bonchev–Trinajstić information content (AvgIpc) is 3.15. The van der Waals surface area contributed by atoms with Crippen LogP contribution in [0.4, 0.5) is 0 Å². The minimum atomic E-state index is -0.445. The van der Waals surface area contributed by atoms with Crippen molar-refractivity contribution in [2.24, 2.45) is 40.4 Å². The number of aryl methyl sites for hydroxylation is 1. The lowest BCUT2D eigenvalue weighted by molar-refractivity contribution is -0.0571. The van der Waals surface area contributed by atoms with Crippen molar-refractivity contribution in [1.82, 2.24) is 4.98 Å². The summed E-state index contributed by atoms with van der Waals surface area (Å²) in [6, 6.07) is 3.97. The molecule has 1 heterocycles. The summed E-state index contributed by atoms with van der Waals surface area (Å²) in [7, 11) is 0. The number of rotatable bonds is 5. The second-order valence-corrected chi connectivity index (χ2v) is 12.6. The van der Waals surface area contributed by atoms with Crippen molar-refractivity contribution in [2.75, 3.05) is 0 Å². The molecule has 1 aromatic heterocycles. The van der Waals surface area contributed by atoms with E-state index in [2.05, 4.69) is 31.8 Å². The summed E-state index contributed by atoms with van der Waals surface area (Å²) in [4.78, 5) is 4.62. The zero-order valence-electron chi connectivity index (χ0n) is 21.3. The van der Waals surface area contributed by atoms with Gasteiger partial charge in [0.2, 0.25) is 0 Å². The van der Waals surface area contributed by atoms with E-state index in [9.17, 15) is 10.2 Å². The first-order valence-electron chi connectivity index (χ1n) is 13.7. The van der Waals surface area contributed by atoms with E-state index >= 15 is 0 Å². The number of hydrogen-bond acceptors (Lipinski definition) is 3. The predicted octanol–water partition coefficient (Wildman–Crippen LogP) is 6.64. The van der Waals surface area contributed by atoms with Crippen molar-refractivity contribution in [3.05, 3.63) is 41.2 Å². The number of nitrogens with zero attached hydrogens (tertiary/aromatic N) is 1. The van der Waals surface area contributed by atoms with Crippen molar-refractivity contribution in [2.45, 2.75) is 104 Å². The fourth-order valence-electron chi connectivity index (χ4n) is 9.22. The highest BCUT2D eigenvalue weighted by atomic mass is 16.3. The second kappa shape index (κ2) is 8.79. The molecule has 1 aromatic rings. The molecule has 0 saturated heterocycles. The summed E-state index contributed by atoms with van der Waals surface area (Å²) in [6.45, 7) is 9.50. The van der Waals surface area contributed by atoms with E-state index in [4.69, 9.17) is 0 Å². The predicted molar refractivity (Wildman–Crippen MR) is 134 cm³/mol. The maximum absolute atomic E-state index is 10.3. The Morgan fingerprint density at radius 2 is 1.91 bits per heavy atom. The molecule has 0 radical (unpaired) electrons. The minimum absolute atomic E-state index is 0.111. The van der Waals surface area contributed by atoms with Crippen LogP contribution in [-0.4, -0.2) is 21.3 Å². The lowest BCUT2D eigenvalue weighted by Gasteiger charge is -2.58. The van der Waals surface area contributed by atoms with Crippen LogP contribution in [0.15, 0.2) is 30.0 Å². The lowest BCUT2D eigenvalue weighted by Crippen LogP contribution is -2.50. The summed E-state index contributed by atoms with van der Waals surface area (Å²) in [5, 5.41) is 20.4. The molecule has 3 saturated carbocycles. The Hall–Kier alpha value is -1.19. The summed E-state index contributed by atoms with van der Waals surface area (Å²) >= 11 is 0. The molecule has 33 heavy (non-hydrogen) atoms. The van der Waals surface area contributed by atoms with Gasteiger partial charge in [-0.2, -0.15) is 0 Å². The molecule has 4 aliphatic rings. The van der Waals surface area contributed by atoms with Crippen LogP contribution in [-0.2, 0) is 6.42 Å². The zero-order valence-corrected chi connectivity index (χ0v) is 21.3. The molecule has 3 heteroatoms. The second-order valence-electron chi connectivity index (χ2n) is 12.6. The molecule has 0 aliphatic heterocycles. The van der Waals surface area contributed by atoms with E-state index in [0.29, 0.717) is 16.7 Å². The van der Waals surface area contributed by atoms with Crippen LogP contribution < -0.4 is 0 Å². The Balaban J connectivity index is 1.30. The summed E-state index contributed by atoms with van der Waals surface area (Å²) < 4.78 is 0. The fraction of sp³-hybridized carbons (Fsp3) is 0.767. The minimum Gasteiger partial charge on any atom is -0.393 e. The van der Waals surface area contributed by atoms with Gasteiger partial charge in [0.05, 0.1) is 12.2 Å². The first kappa shape index (κ1) is 23.5. The lowest BCUT2D eigenvalue weighted by atomic mass is 9.47. The molecule has 3 fully saturated rings. The Kier molecular flexibility index (Phi) is 6.27. The van der Waals surface area contributed by atoms with Gasteiger partial charge in [-0.25, -0.2) is 0 Å². The number of aliphatic hydroxyl groups is 2. The number of allylic oxidation sites excluding steroid dienone is 1. The van der Waals surface area contributed by atoms with E-state index in [1.165, 1.54) is 38.5 Å². The maximum Gasteiger partial charge on any atom is 0.0779 e. The van der Waals surface area contributed by atoms with Crippen molar-refractivity contribution in [3.63, 3.8) is 0 Å². The SMILES string of the molecule is CC(O)c1cccnc1CCC(C)[C@H]1CC[C@H]2[C@@H]3CC=C4C[C@@H](O)CC[C@]4(C)[C@H]3CC[C@]12C. The molecule has 2 unspecified atom stereocenters. The smallest absolute Gasteiger partial charge is 0.0779 e. The fourth-order valence-corrected chi connectivity index (χ4v) is 9.22. The van der Waals surface area contributed by atoms with Crippen LogP contribution >= 0.6 is 0 Å². The van der Waals surface area contributed by atoms with Gasteiger partial charge in [0.25, 0.3) is 0 Å². The van der Waals surface area contributed by atoms with Gasteiger partial charge in [-0.1, -0.05) is 38.5 Å². The van der Waals surface area contributed by atoms with Crippen molar-refractivity contribution in [1.29, 1.82) is 0 Å². The number of fused-ring (bicyclic) bond motifs is 5. The van der Waals surface area contributed by atoms with Gasteiger partial charge in [-0.3, -0.25) is 4.98 Å². The van der Waals surface area contributed by atoms with Crippen LogP contribution in [0.1, 0.15) is 103 Å². The standard InChI is InChI=1S/C30H45NO2/c1-19(7-12-28-23(20(2)32)6-5-17-31-28)25-10-11-26-24-9-8-21-18-22(33)13-15-29(21,3)27(24)14-16-30(25,26)4/h5-6,8,17,19-20,22,24-27,32-33H,7,9-16,18H2,1-4H3/t19?,20?,22-,24-,25+,26-,27-,29-,30+/m0/s1. The van der Waals surface area contributed by atoms with Gasteiger partial charge in [0.15, 0.2) is 0 Å². The third kappa shape index (κ3) is 3.92. The van der Waals surface area contributed by atoms with Gasteiger partial charge in [0.1, 0.15) is 0 Å². The van der Waals surface area contributed by atoms with Gasteiger partial charge in [0, 0.05) is 17.5 Å². The summed E-state index contributed by atoms with van der Waals surface area (Å²) in [5.74, 6) is 4.00. The Labute approximate surface area is 201 Å². The maximum atomic E-state index is 10.3. The van der Waals surface area contributed by atoms with Crippen molar-refractivity contribution < 1.29 is 10.2 Å². The van der Waals surface area contributed by atoms with E-state index in [1.807, 2.05) is 25.3 Å². The average molecular weight is 452 g/mol. The highest BCUT2D eigenvalue weighted by Crippen LogP contribution is 2.67. The molecule has 5 rings (SSSR count). The molecular formula is C30H45NO2. The van der Waals surface area contributed by atoms with E-state index in [-0.39, 0.29) is 6.10 Å². The Morgan fingerprint density at radius 3 is 2.70 bits per heavy atom. The summed E-state index contributed by atoms with van der Waals surface area (Å²) in [6.07, 6.45) is 15.9. The highest BCUT2D eigenvalue weighted by Gasteiger charge is 2.59. The third-order valence-electron chi connectivity index (χ3n) is 11.1. The summed E-state index contributed by atoms with van der Waals surface area (Å²) in [5.41, 5.74) is 4.46. The van der Waals surface area contributed by atoms with Crippen LogP contribution in [0.5, 0.6) is 0 Å². The van der Waals surface area contributed by atoms with Gasteiger partial charge in [-0.05, 0) is 118 Å². The molecule has 9 atom stereocenters. The van der Waals surface area contributed by atoms with Crippen molar-refractivity contribution in [3.8, 4) is 0 Å². The third-order valence-corrected chi connectivity index (χ3v) is 11.1. The molecule has 182 valence electrons. The molecule has 0 bridgehead atoms. The first-order chi connectivity index (χ1) is 15.7. The van der Waals surface area contributed by atoms with Crippen LogP contribution in [0.25, 0.3) is 0 Å². The Bertz CT molecular complexity index is 893. The van der Waals surface area contributed by atoms with Crippen molar-refractivity contribution >= 4 is 0 Å².